The summed E-state index contributed by atoms with van der Waals surface area (Å²) in [4.78, 5) is 0. The summed E-state index contributed by atoms with van der Waals surface area (Å²) in [6, 6.07) is 8.61. The quantitative estimate of drug-likeness (QED) is 0.660. The zero-order valence-corrected chi connectivity index (χ0v) is 11.8. The van der Waals surface area contributed by atoms with E-state index in [1.54, 1.807) is 18.2 Å². The molecular formula is C14H12Cl2F2N2. The Bertz CT molecular complexity index is 620. The van der Waals surface area contributed by atoms with Crippen LogP contribution >= 0.6 is 23.2 Å². The van der Waals surface area contributed by atoms with E-state index in [4.69, 9.17) is 29.0 Å². The largest absolute Gasteiger partial charge is 0.271 e. The van der Waals surface area contributed by atoms with Gasteiger partial charge in [0.2, 0.25) is 0 Å². The van der Waals surface area contributed by atoms with Crippen molar-refractivity contribution in [3.63, 3.8) is 0 Å². The van der Waals surface area contributed by atoms with Gasteiger partial charge in [-0.25, -0.2) is 8.78 Å². The molecule has 0 radical (unpaired) electrons. The number of benzene rings is 2. The predicted octanol–water partition coefficient (Wildman–Crippen LogP) is 4.02. The molecule has 2 aromatic carbocycles. The monoisotopic (exact) mass is 316 g/mol. The number of rotatable bonds is 4. The minimum atomic E-state index is -0.514. The van der Waals surface area contributed by atoms with Crippen LogP contribution in [0.5, 0.6) is 0 Å². The van der Waals surface area contributed by atoms with E-state index in [1.807, 2.05) is 0 Å². The van der Waals surface area contributed by atoms with Gasteiger partial charge in [0.1, 0.15) is 11.6 Å². The van der Waals surface area contributed by atoms with Crippen LogP contribution in [-0.4, -0.2) is 0 Å². The maximum absolute atomic E-state index is 13.9. The molecule has 2 rings (SSSR count). The molecule has 0 bridgehead atoms. The van der Waals surface area contributed by atoms with Crippen LogP contribution in [0.1, 0.15) is 17.2 Å². The Morgan fingerprint density at radius 2 is 1.85 bits per heavy atom. The third kappa shape index (κ3) is 3.27. The fourth-order valence-corrected chi connectivity index (χ4v) is 2.31. The van der Waals surface area contributed by atoms with Gasteiger partial charge in [0.15, 0.2) is 0 Å². The van der Waals surface area contributed by atoms with Gasteiger partial charge in [-0.15, -0.1) is 0 Å². The van der Waals surface area contributed by atoms with Crippen molar-refractivity contribution < 1.29 is 8.78 Å². The average Bonchev–Trinajstić information content (AvgIpc) is 2.44. The van der Waals surface area contributed by atoms with Crippen LogP contribution in [0.3, 0.4) is 0 Å². The molecule has 0 aliphatic heterocycles. The molecule has 0 aliphatic carbocycles. The van der Waals surface area contributed by atoms with Crippen LogP contribution in [0.2, 0.25) is 10.0 Å². The second kappa shape index (κ2) is 6.50. The van der Waals surface area contributed by atoms with Gasteiger partial charge in [0.05, 0.1) is 16.1 Å². The van der Waals surface area contributed by atoms with E-state index in [1.165, 1.54) is 18.2 Å². The van der Waals surface area contributed by atoms with E-state index in [-0.39, 0.29) is 16.5 Å². The van der Waals surface area contributed by atoms with Gasteiger partial charge in [-0.2, -0.15) is 0 Å². The first-order valence-electron chi connectivity index (χ1n) is 5.87. The highest BCUT2D eigenvalue weighted by atomic mass is 35.5. The molecule has 2 nitrogen and oxygen atoms in total. The van der Waals surface area contributed by atoms with Crippen molar-refractivity contribution in [3.05, 3.63) is 69.2 Å². The van der Waals surface area contributed by atoms with Gasteiger partial charge in [-0.05, 0) is 35.7 Å². The van der Waals surface area contributed by atoms with Gasteiger partial charge < -0.3 is 0 Å². The van der Waals surface area contributed by atoms with Crippen LogP contribution in [0.25, 0.3) is 0 Å². The average molecular weight is 317 g/mol. The Morgan fingerprint density at radius 3 is 2.50 bits per heavy atom. The summed E-state index contributed by atoms with van der Waals surface area (Å²) in [5.74, 6) is 4.49. The molecule has 0 fully saturated rings. The van der Waals surface area contributed by atoms with Gasteiger partial charge >= 0.3 is 0 Å². The smallest absolute Gasteiger partial charge is 0.145 e. The molecule has 1 unspecified atom stereocenters. The summed E-state index contributed by atoms with van der Waals surface area (Å²) in [5.41, 5.74) is 3.65. The van der Waals surface area contributed by atoms with Gasteiger partial charge in [-0.3, -0.25) is 11.3 Å². The Kier molecular flexibility index (Phi) is 4.94. The lowest BCUT2D eigenvalue weighted by molar-refractivity contribution is 0.528. The molecule has 6 heteroatoms. The second-order valence-corrected chi connectivity index (χ2v) is 5.12. The van der Waals surface area contributed by atoms with Crippen molar-refractivity contribution in [2.45, 2.75) is 12.5 Å². The standard InChI is InChI=1S/C14H12Cl2F2N2/c15-10-3-1-2-9(14(10)18)7-13(20-19)8-4-5-12(17)11(16)6-8/h1-6,13,20H,7,19H2. The molecular weight excluding hydrogens is 305 g/mol. The molecule has 0 aliphatic rings. The minimum Gasteiger partial charge on any atom is -0.271 e. The summed E-state index contributed by atoms with van der Waals surface area (Å²) in [7, 11) is 0. The van der Waals surface area contributed by atoms with Crippen molar-refractivity contribution in [2.75, 3.05) is 0 Å². The fourth-order valence-electron chi connectivity index (χ4n) is 1.93. The zero-order chi connectivity index (χ0) is 14.7. The molecule has 0 aromatic heterocycles. The molecule has 20 heavy (non-hydrogen) atoms. The fraction of sp³-hybridized carbons (Fsp3) is 0.143. The highest BCUT2D eigenvalue weighted by molar-refractivity contribution is 6.31. The zero-order valence-electron chi connectivity index (χ0n) is 10.3. The van der Waals surface area contributed by atoms with Crippen LogP contribution in [0.15, 0.2) is 36.4 Å². The number of hydrogen-bond acceptors (Lipinski definition) is 2. The summed E-state index contributed by atoms with van der Waals surface area (Å²) < 4.78 is 27.0. The van der Waals surface area contributed by atoms with Crippen molar-refractivity contribution >= 4 is 23.2 Å². The molecule has 0 saturated heterocycles. The number of hydrogen-bond donors (Lipinski definition) is 2. The summed E-state index contributed by atoms with van der Waals surface area (Å²) in [6.07, 6.45) is 0.269. The second-order valence-electron chi connectivity index (χ2n) is 4.31. The minimum absolute atomic E-state index is 0.00526. The van der Waals surface area contributed by atoms with Gasteiger partial charge in [0, 0.05) is 0 Å². The number of halogens is 4. The molecule has 0 saturated carbocycles. The molecule has 1 atom stereocenters. The van der Waals surface area contributed by atoms with E-state index in [2.05, 4.69) is 5.43 Å². The van der Waals surface area contributed by atoms with E-state index in [0.717, 1.165) is 0 Å². The van der Waals surface area contributed by atoms with Crippen molar-refractivity contribution in [1.29, 1.82) is 0 Å². The predicted molar refractivity (Wildman–Crippen MR) is 76.6 cm³/mol. The first-order valence-corrected chi connectivity index (χ1v) is 6.62. The summed E-state index contributed by atoms with van der Waals surface area (Å²) in [6.45, 7) is 0. The Labute approximate surface area is 125 Å². The van der Waals surface area contributed by atoms with E-state index >= 15 is 0 Å². The van der Waals surface area contributed by atoms with E-state index in [9.17, 15) is 8.78 Å². The van der Waals surface area contributed by atoms with E-state index < -0.39 is 17.7 Å². The van der Waals surface area contributed by atoms with Gasteiger partial charge in [0.25, 0.3) is 0 Å². The maximum Gasteiger partial charge on any atom is 0.145 e. The first kappa shape index (κ1) is 15.2. The Hall–Kier alpha value is -1.20. The van der Waals surface area contributed by atoms with Crippen LogP contribution < -0.4 is 11.3 Å². The third-order valence-corrected chi connectivity index (χ3v) is 3.58. The topological polar surface area (TPSA) is 38.0 Å². The number of hydrazine groups is 1. The lowest BCUT2D eigenvalue weighted by Gasteiger charge is -2.17. The lowest BCUT2D eigenvalue weighted by atomic mass is 9.99. The Balaban J connectivity index is 2.28. The molecule has 0 spiro atoms. The molecule has 106 valence electrons. The highest BCUT2D eigenvalue weighted by Gasteiger charge is 2.16. The number of nitrogens with two attached hydrogens (primary N) is 1. The van der Waals surface area contributed by atoms with Crippen LogP contribution in [0.4, 0.5) is 8.78 Å². The van der Waals surface area contributed by atoms with Crippen molar-refractivity contribution in [2.24, 2.45) is 5.84 Å². The first-order chi connectivity index (χ1) is 9.52. The SMILES string of the molecule is NNC(Cc1cccc(Cl)c1F)c1ccc(F)c(Cl)c1. The van der Waals surface area contributed by atoms with Crippen LogP contribution in [0, 0.1) is 11.6 Å². The lowest BCUT2D eigenvalue weighted by Crippen LogP contribution is -2.29. The molecule has 2 aromatic rings. The van der Waals surface area contributed by atoms with E-state index in [0.29, 0.717) is 11.1 Å². The number of nitrogens with one attached hydrogen (secondary N) is 1. The van der Waals surface area contributed by atoms with Crippen LogP contribution in [-0.2, 0) is 6.42 Å². The normalized spacial score (nSPS) is 12.4. The van der Waals surface area contributed by atoms with Gasteiger partial charge in [-0.1, -0.05) is 41.4 Å². The van der Waals surface area contributed by atoms with Crippen molar-refractivity contribution in [1.82, 2.24) is 5.43 Å². The molecule has 0 heterocycles. The maximum atomic E-state index is 13.9. The molecule has 3 N–H and O–H groups in total. The third-order valence-electron chi connectivity index (χ3n) is 3.00. The molecule has 0 amide bonds. The Morgan fingerprint density at radius 1 is 1.10 bits per heavy atom. The summed E-state index contributed by atoms with van der Waals surface area (Å²) in [5, 5.41) is 0.0460. The van der Waals surface area contributed by atoms with Crippen molar-refractivity contribution in [3.8, 4) is 0 Å². The highest BCUT2D eigenvalue weighted by Crippen LogP contribution is 2.26. The summed E-state index contributed by atoms with van der Waals surface area (Å²) >= 11 is 11.5.